The van der Waals surface area contributed by atoms with Crippen molar-refractivity contribution in [2.75, 3.05) is 37.4 Å². The molecule has 2 saturated heterocycles. The molecule has 9 heteroatoms. The van der Waals surface area contributed by atoms with Crippen LogP contribution in [0.25, 0.3) is 0 Å². The minimum Gasteiger partial charge on any atom is -0.376 e. The van der Waals surface area contributed by atoms with Crippen LogP contribution in [-0.2, 0) is 19.6 Å². The molecule has 3 rings (SSSR count). The van der Waals surface area contributed by atoms with Gasteiger partial charge in [0, 0.05) is 31.6 Å². The summed E-state index contributed by atoms with van der Waals surface area (Å²) in [5.74, 6) is -0.368. The number of nitrogens with zero attached hydrogens (tertiary/aromatic N) is 2. The van der Waals surface area contributed by atoms with Crippen molar-refractivity contribution in [1.82, 2.24) is 9.62 Å². The fourth-order valence-electron chi connectivity index (χ4n) is 4.49. The first-order valence-electron chi connectivity index (χ1n) is 11.0. The highest BCUT2D eigenvalue weighted by molar-refractivity contribution is 7.88. The van der Waals surface area contributed by atoms with Crippen molar-refractivity contribution in [2.45, 2.75) is 57.7 Å². The summed E-state index contributed by atoms with van der Waals surface area (Å²) >= 11 is 0. The number of para-hydroxylation sites is 1. The van der Waals surface area contributed by atoms with Gasteiger partial charge in [0.15, 0.2) is 0 Å². The molecule has 7 nitrogen and oxygen atoms in total. The lowest BCUT2D eigenvalue weighted by Gasteiger charge is -2.43. The molecular formula is C22H34FN3O4S. The number of carbonyl (C=O) groups is 1. The number of anilines is 1. The average molecular weight is 456 g/mol. The van der Waals surface area contributed by atoms with Crippen molar-refractivity contribution >= 4 is 21.6 Å². The van der Waals surface area contributed by atoms with Gasteiger partial charge in [-0.15, -0.1) is 0 Å². The minimum absolute atomic E-state index is 0.000152. The molecule has 2 aliphatic rings. The summed E-state index contributed by atoms with van der Waals surface area (Å²) in [4.78, 5) is 16.6. The molecule has 2 atom stereocenters. The molecule has 0 bridgehead atoms. The molecule has 1 amide bonds. The second-order valence-electron chi connectivity index (χ2n) is 8.86. The molecule has 2 heterocycles. The molecule has 1 N–H and O–H groups in total. The molecule has 2 fully saturated rings. The number of piperidine rings is 2. The number of hydrogen-bond donors (Lipinski definition) is 1. The van der Waals surface area contributed by atoms with Gasteiger partial charge in [-0.2, -0.15) is 0 Å². The Bertz CT molecular complexity index is 856. The fraction of sp³-hybridized carbons (Fsp3) is 0.682. The number of likely N-dealkylation sites (tertiary alicyclic amines) is 1. The van der Waals surface area contributed by atoms with Gasteiger partial charge in [0.25, 0.3) is 0 Å². The van der Waals surface area contributed by atoms with Crippen molar-refractivity contribution in [3.8, 4) is 0 Å². The third-order valence-electron chi connectivity index (χ3n) is 6.06. The number of ether oxygens (including phenoxy) is 1. The van der Waals surface area contributed by atoms with Gasteiger partial charge in [-0.05, 0) is 37.8 Å². The Morgan fingerprint density at radius 3 is 2.48 bits per heavy atom. The van der Waals surface area contributed by atoms with Crippen molar-refractivity contribution in [3.63, 3.8) is 0 Å². The molecule has 0 aromatic heterocycles. The van der Waals surface area contributed by atoms with Crippen LogP contribution < -0.4 is 9.62 Å². The van der Waals surface area contributed by atoms with Gasteiger partial charge in [-0.3, -0.25) is 4.79 Å². The SMILES string of the molecule is CC(C)C(=O)N1CCC[C@H](NS(C)(=O)=O)[C@@H]1COC1CCN(c2ccccc2F)CC1. The van der Waals surface area contributed by atoms with Crippen molar-refractivity contribution in [2.24, 2.45) is 5.92 Å². The normalized spacial score (nSPS) is 23.4. The minimum atomic E-state index is -3.40. The molecule has 0 unspecified atom stereocenters. The van der Waals surface area contributed by atoms with E-state index in [-0.39, 0.29) is 42.4 Å². The van der Waals surface area contributed by atoms with E-state index in [1.54, 1.807) is 17.0 Å². The highest BCUT2D eigenvalue weighted by Gasteiger charge is 2.37. The maximum Gasteiger partial charge on any atom is 0.225 e. The Kier molecular flexibility index (Phi) is 7.93. The first-order valence-corrected chi connectivity index (χ1v) is 12.9. The lowest BCUT2D eigenvalue weighted by molar-refractivity contribution is -0.141. The van der Waals surface area contributed by atoms with Crippen LogP contribution in [0.3, 0.4) is 0 Å². The van der Waals surface area contributed by atoms with Crippen molar-refractivity contribution < 1.29 is 22.3 Å². The zero-order chi connectivity index (χ0) is 22.6. The largest absolute Gasteiger partial charge is 0.376 e. The van der Waals surface area contributed by atoms with Crippen molar-refractivity contribution in [3.05, 3.63) is 30.1 Å². The van der Waals surface area contributed by atoms with Crippen LogP contribution in [0.15, 0.2) is 24.3 Å². The highest BCUT2D eigenvalue weighted by atomic mass is 32.2. The number of hydrogen-bond acceptors (Lipinski definition) is 5. The highest BCUT2D eigenvalue weighted by Crippen LogP contribution is 2.26. The van der Waals surface area contributed by atoms with E-state index >= 15 is 0 Å². The van der Waals surface area contributed by atoms with Gasteiger partial charge in [0.2, 0.25) is 15.9 Å². The Morgan fingerprint density at radius 2 is 1.87 bits per heavy atom. The third kappa shape index (κ3) is 6.40. The van der Waals surface area contributed by atoms with Gasteiger partial charge >= 0.3 is 0 Å². The molecule has 0 spiro atoms. The number of benzene rings is 1. The zero-order valence-corrected chi connectivity index (χ0v) is 19.4. The van der Waals surface area contributed by atoms with Crippen LogP contribution in [0.4, 0.5) is 10.1 Å². The summed E-state index contributed by atoms with van der Waals surface area (Å²) in [6, 6.07) is 6.09. The molecule has 2 aliphatic heterocycles. The Labute approximate surface area is 185 Å². The summed E-state index contributed by atoms with van der Waals surface area (Å²) in [5, 5.41) is 0. The van der Waals surface area contributed by atoms with Crippen LogP contribution in [0, 0.1) is 11.7 Å². The predicted octanol–water partition coefficient (Wildman–Crippen LogP) is 2.38. The van der Waals surface area contributed by atoms with E-state index < -0.39 is 10.0 Å². The van der Waals surface area contributed by atoms with E-state index in [4.69, 9.17) is 4.74 Å². The Morgan fingerprint density at radius 1 is 1.19 bits per heavy atom. The second-order valence-corrected chi connectivity index (χ2v) is 10.6. The van der Waals surface area contributed by atoms with Gasteiger partial charge in [0.05, 0.1) is 30.7 Å². The number of halogens is 1. The molecule has 0 radical (unpaired) electrons. The number of carbonyl (C=O) groups excluding carboxylic acids is 1. The smallest absolute Gasteiger partial charge is 0.225 e. The number of rotatable bonds is 7. The number of sulfonamides is 1. The van der Waals surface area contributed by atoms with Crippen LogP contribution in [0.5, 0.6) is 0 Å². The van der Waals surface area contributed by atoms with Crippen LogP contribution in [-0.4, -0.2) is 69.9 Å². The van der Waals surface area contributed by atoms with Gasteiger partial charge in [-0.25, -0.2) is 17.5 Å². The lowest BCUT2D eigenvalue weighted by atomic mass is 9.95. The third-order valence-corrected chi connectivity index (χ3v) is 6.79. The summed E-state index contributed by atoms with van der Waals surface area (Å²) in [6.45, 7) is 5.99. The molecular weight excluding hydrogens is 421 g/mol. The van der Waals surface area contributed by atoms with E-state index in [9.17, 15) is 17.6 Å². The monoisotopic (exact) mass is 455 g/mol. The molecule has 1 aromatic carbocycles. The van der Waals surface area contributed by atoms with Crippen molar-refractivity contribution in [1.29, 1.82) is 0 Å². The summed E-state index contributed by atoms with van der Waals surface area (Å²) in [5.41, 5.74) is 0.611. The van der Waals surface area contributed by atoms with E-state index in [2.05, 4.69) is 4.72 Å². The predicted molar refractivity (Wildman–Crippen MR) is 119 cm³/mol. The summed E-state index contributed by atoms with van der Waals surface area (Å²) < 4.78 is 46.7. The molecule has 0 saturated carbocycles. The van der Waals surface area contributed by atoms with Crippen LogP contribution in [0.1, 0.15) is 39.5 Å². The Hall–Kier alpha value is -1.71. The molecule has 1 aromatic rings. The van der Waals surface area contributed by atoms with Crippen LogP contribution in [0.2, 0.25) is 0 Å². The summed E-state index contributed by atoms with van der Waals surface area (Å²) in [6.07, 6.45) is 4.08. The van der Waals surface area contributed by atoms with Gasteiger partial charge in [-0.1, -0.05) is 26.0 Å². The van der Waals surface area contributed by atoms with Gasteiger partial charge < -0.3 is 14.5 Å². The quantitative estimate of drug-likeness (QED) is 0.683. The molecule has 174 valence electrons. The summed E-state index contributed by atoms with van der Waals surface area (Å²) in [7, 11) is -3.40. The second kappa shape index (κ2) is 10.3. The van der Waals surface area contributed by atoms with Crippen LogP contribution >= 0.6 is 0 Å². The van der Waals surface area contributed by atoms with E-state index in [0.717, 1.165) is 25.5 Å². The average Bonchev–Trinajstić information content (AvgIpc) is 2.72. The van der Waals surface area contributed by atoms with E-state index in [1.165, 1.54) is 6.07 Å². The first kappa shape index (κ1) is 23.9. The standard InChI is InChI=1S/C22H34FN3O4S/c1-16(2)22(27)26-12-6-8-19(24-31(3,28)29)21(26)15-30-17-10-13-25(14-11-17)20-9-5-4-7-18(20)23/h4-5,7,9,16-17,19,21,24H,6,8,10-15H2,1-3H3/t19-,21-/m0/s1. The lowest BCUT2D eigenvalue weighted by Crippen LogP contribution is -2.59. The molecule has 31 heavy (non-hydrogen) atoms. The number of nitrogens with one attached hydrogen (secondary N) is 1. The van der Waals surface area contributed by atoms with E-state index in [0.29, 0.717) is 31.7 Å². The fourth-order valence-corrected chi connectivity index (χ4v) is 5.31. The van der Waals surface area contributed by atoms with Gasteiger partial charge in [0.1, 0.15) is 5.82 Å². The topological polar surface area (TPSA) is 79.0 Å². The Balaban J connectivity index is 1.62. The first-order chi connectivity index (χ1) is 14.7. The maximum absolute atomic E-state index is 14.1. The van der Waals surface area contributed by atoms with E-state index in [1.807, 2.05) is 24.8 Å². The molecule has 0 aliphatic carbocycles. The maximum atomic E-state index is 14.1. The zero-order valence-electron chi connectivity index (χ0n) is 18.6. The number of amides is 1.